The molecule has 0 bridgehead atoms. The fourth-order valence-electron chi connectivity index (χ4n) is 0. The molecule has 0 saturated heterocycles. The summed E-state index contributed by atoms with van der Waals surface area (Å²) < 4.78 is 8.74. The van der Waals surface area contributed by atoms with Crippen LogP contribution in [-0.2, 0) is 4.46 Å². The van der Waals surface area contributed by atoms with Gasteiger partial charge in [-0.1, -0.05) is 0 Å². The van der Waals surface area contributed by atoms with Crippen LogP contribution in [0.3, 0.4) is 0 Å². The standard InChI is InChI=1S/Li.H2O3Si.5H2O.H/c;1-4(2)3;;;;;;/h;1-2H;5*1H2;. The van der Waals surface area contributed by atoms with Crippen LogP contribution in [0.4, 0.5) is 0 Å². The maximum atomic E-state index is 8.74. The van der Waals surface area contributed by atoms with Crippen molar-refractivity contribution in [3.8, 4) is 0 Å². The van der Waals surface area contributed by atoms with Crippen LogP contribution >= 0.6 is 0 Å². The molecule has 0 radical (unpaired) electrons. The second-order valence-electron chi connectivity index (χ2n) is 0.283. The van der Waals surface area contributed by atoms with Gasteiger partial charge in [0, 0.05) is 0 Å². The minimum absolute atomic E-state index is 0. The van der Waals surface area contributed by atoms with E-state index in [4.69, 9.17) is 14.1 Å². The van der Waals surface area contributed by atoms with Gasteiger partial charge in [-0.3, -0.25) is 4.46 Å². The average molecular weight is 176 g/mol. The van der Waals surface area contributed by atoms with Crippen LogP contribution in [0.2, 0.25) is 0 Å². The molecule has 0 amide bonds. The van der Waals surface area contributed by atoms with Gasteiger partial charge in [0.15, 0.2) is 0 Å². The van der Waals surface area contributed by atoms with Crippen molar-refractivity contribution in [2.24, 2.45) is 0 Å². The zero-order valence-electron chi connectivity index (χ0n) is 4.30. The van der Waals surface area contributed by atoms with Crippen LogP contribution in [-0.4, -0.2) is 65.0 Å². The molecule has 0 aromatic heterocycles. The second kappa shape index (κ2) is 63.7. The van der Waals surface area contributed by atoms with E-state index in [0.717, 1.165) is 0 Å². The van der Waals surface area contributed by atoms with Crippen molar-refractivity contribution in [2.45, 2.75) is 0 Å². The van der Waals surface area contributed by atoms with Crippen LogP contribution in [0.25, 0.3) is 0 Å². The Morgan fingerprint density at radius 3 is 0.800 bits per heavy atom. The predicted molar refractivity (Wildman–Crippen MR) is 36.1 cm³/mol. The van der Waals surface area contributed by atoms with E-state index in [1.807, 2.05) is 0 Å². The summed E-state index contributed by atoms with van der Waals surface area (Å²) in [6.07, 6.45) is 0. The van der Waals surface area contributed by atoms with E-state index in [2.05, 4.69) is 0 Å². The van der Waals surface area contributed by atoms with Gasteiger partial charge in [0.1, 0.15) is 0 Å². The van der Waals surface area contributed by atoms with Gasteiger partial charge in [-0.2, -0.15) is 0 Å². The van der Waals surface area contributed by atoms with Gasteiger partial charge in [0.05, 0.1) is 0 Å². The molecule has 0 spiro atoms. The van der Waals surface area contributed by atoms with Crippen LogP contribution in [0.5, 0.6) is 0 Å². The normalized spacial score (nSPS) is 2.40. The van der Waals surface area contributed by atoms with Crippen LogP contribution in [0.1, 0.15) is 0 Å². The van der Waals surface area contributed by atoms with E-state index in [1.165, 1.54) is 0 Å². The summed E-state index contributed by atoms with van der Waals surface area (Å²) in [7, 11) is -3.13. The molecule has 0 aliphatic heterocycles. The molecule has 0 aliphatic rings. The Morgan fingerprint density at radius 1 is 0.800 bits per heavy atom. The predicted octanol–water partition coefficient (Wildman–Crippen LogP) is -6.39. The summed E-state index contributed by atoms with van der Waals surface area (Å²) in [5, 5.41) is 0. The molecule has 10 heteroatoms. The Balaban J connectivity index is -0.00000000300. The first-order valence-electron chi connectivity index (χ1n) is 0.651. The first kappa shape index (κ1) is 89.6. The van der Waals surface area contributed by atoms with E-state index >= 15 is 0 Å². The van der Waals surface area contributed by atoms with Crippen molar-refractivity contribution in [1.82, 2.24) is 0 Å². The van der Waals surface area contributed by atoms with E-state index in [9.17, 15) is 0 Å². The maximum absolute atomic E-state index is 8.74. The van der Waals surface area contributed by atoms with Crippen molar-refractivity contribution in [2.75, 3.05) is 0 Å². The van der Waals surface area contributed by atoms with E-state index < -0.39 is 9.17 Å². The van der Waals surface area contributed by atoms with Gasteiger partial charge >= 0.3 is 28.0 Å². The molecule has 12 N–H and O–H groups in total. The monoisotopic (exact) mass is 176 g/mol. The van der Waals surface area contributed by atoms with Crippen LogP contribution in [0.15, 0.2) is 0 Å². The molecule has 0 fully saturated rings. The van der Waals surface area contributed by atoms with Gasteiger partial charge in [0.2, 0.25) is 0 Å². The van der Waals surface area contributed by atoms with E-state index in [1.54, 1.807) is 0 Å². The topological polar surface area (TPSA) is 215 Å². The van der Waals surface area contributed by atoms with E-state index in [-0.39, 0.29) is 46.2 Å². The molecule has 66 valence electrons. The molecule has 8 nitrogen and oxygen atoms in total. The number of hydrogen-bond donors (Lipinski definition) is 2. The summed E-state index contributed by atoms with van der Waals surface area (Å²) in [6.45, 7) is 0. The summed E-state index contributed by atoms with van der Waals surface area (Å²) >= 11 is 0. The molecule has 0 aromatic carbocycles. The Morgan fingerprint density at radius 2 is 0.800 bits per heavy atom. The zero-order valence-corrected chi connectivity index (χ0v) is 5.30. The molecule has 0 heterocycles. The van der Waals surface area contributed by atoms with Crippen molar-refractivity contribution in [1.29, 1.82) is 0 Å². The van der Waals surface area contributed by atoms with Gasteiger partial charge < -0.3 is 37.0 Å². The molecule has 0 aliphatic carbocycles. The third kappa shape index (κ3) is 1930000. The van der Waals surface area contributed by atoms with Gasteiger partial charge in [0.25, 0.3) is 0 Å². The summed E-state index contributed by atoms with van der Waals surface area (Å²) in [6, 6.07) is 0. The second-order valence-corrected chi connectivity index (χ2v) is 0.848. The molecule has 10 heavy (non-hydrogen) atoms. The number of hydrogen-bond acceptors (Lipinski definition) is 1. The SMILES string of the molecule is O.O.O.O.O.O=[Si](O)O.[LiH]. The Hall–Kier alpha value is 0.0143. The molecular formula is H13LiO8Si. The Kier molecular flexibility index (Phi) is 571. The minimum atomic E-state index is -3.13. The van der Waals surface area contributed by atoms with Crippen molar-refractivity contribution in [3.05, 3.63) is 0 Å². The fourth-order valence-corrected chi connectivity index (χ4v) is 0. The third-order valence-electron chi connectivity index (χ3n) is 0. The molecular weight excluding hydrogens is 163 g/mol. The third-order valence-corrected chi connectivity index (χ3v) is 0. The van der Waals surface area contributed by atoms with Crippen LogP contribution in [0, 0.1) is 0 Å². The molecule has 0 aromatic rings. The summed E-state index contributed by atoms with van der Waals surface area (Å²) in [4.78, 5) is 14.3. The molecule has 0 unspecified atom stereocenters. The quantitative estimate of drug-likeness (QED) is 0.344. The Bertz CT molecular complexity index is 32.2. The molecule has 0 atom stereocenters. The Labute approximate surface area is 70.1 Å². The molecule has 0 saturated carbocycles. The van der Waals surface area contributed by atoms with Crippen LogP contribution < -0.4 is 0 Å². The van der Waals surface area contributed by atoms with Gasteiger partial charge in [-0.25, -0.2) is 0 Å². The van der Waals surface area contributed by atoms with Gasteiger partial charge in [-0.05, 0) is 0 Å². The van der Waals surface area contributed by atoms with Crippen molar-refractivity contribution >= 4 is 28.0 Å². The first-order valence-corrected chi connectivity index (χ1v) is 1.95. The fraction of sp³-hybridized carbons (Fsp3) is 0. The van der Waals surface area contributed by atoms with Crippen molar-refractivity contribution in [3.63, 3.8) is 0 Å². The molecule has 0 rings (SSSR count). The average Bonchev–Trinajstić information content (AvgIpc) is 0.811. The summed E-state index contributed by atoms with van der Waals surface area (Å²) in [5.74, 6) is 0. The first-order chi connectivity index (χ1) is 1.73. The van der Waals surface area contributed by atoms with Gasteiger partial charge in [-0.15, -0.1) is 0 Å². The zero-order chi connectivity index (χ0) is 3.58. The van der Waals surface area contributed by atoms with E-state index in [0.29, 0.717) is 0 Å². The number of rotatable bonds is 0. The summed E-state index contributed by atoms with van der Waals surface area (Å²) in [5.41, 5.74) is 0. The van der Waals surface area contributed by atoms with Crippen molar-refractivity contribution < 1.29 is 41.4 Å².